The molecule has 0 fully saturated rings. The van der Waals surface area contributed by atoms with Gasteiger partial charge in [0.2, 0.25) is 0 Å². The molecule has 0 saturated carbocycles. The molecule has 3 rings (SSSR count). The Balaban J connectivity index is 1.63. The number of carbonyl (C=O) groups excluding carboxylic acids is 1. The summed E-state index contributed by atoms with van der Waals surface area (Å²) in [7, 11) is 0. The average Bonchev–Trinajstić information content (AvgIpc) is 2.61. The molecule has 1 aromatic heterocycles. The smallest absolute Gasteiger partial charge is 0.277 e. The molecule has 7 heteroatoms. The Bertz CT molecular complexity index is 1030. The second kappa shape index (κ2) is 7.84. The van der Waals surface area contributed by atoms with Crippen LogP contribution in [-0.2, 0) is 4.79 Å². The van der Waals surface area contributed by atoms with Crippen LogP contribution >= 0.6 is 11.6 Å². The maximum Gasteiger partial charge on any atom is 0.277 e. The fraction of sp³-hybridized carbons (Fsp3) is 0.105. The van der Waals surface area contributed by atoms with Crippen molar-refractivity contribution >= 4 is 34.6 Å². The molecule has 0 saturated heterocycles. The summed E-state index contributed by atoms with van der Waals surface area (Å²) in [6.07, 6.45) is 1.50. The molecule has 26 heavy (non-hydrogen) atoms. The predicted octanol–water partition coefficient (Wildman–Crippen LogP) is 3.02. The van der Waals surface area contributed by atoms with E-state index in [-0.39, 0.29) is 12.2 Å². The second-order valence-electron chi connectivity index (χ2n) is 5.68. The molecule has 0 unspecified atom stereocenters. The van der Waals surface area contributed by atoms with Crippen molar-refractivity contribution in [3.05, 3.63) is 75.0 Å². The summed E-state index contributed by atoms with van der Waals surface area (Å²) in [5, 5.41) is 5.21. The van der Waals surface area contributed by atoms with Gasteiger partial charge in [-0.25, -0.2) is 5.43 Å². The Hall–Kier alpha value is -3.12. The first-order chi connectivity index (χ1) is 12.5. The SMILES string of the molecule is Cc1ccc2c(OCC(=O)N/N=C/c3ccc(Cl)cc3)cc(=O)[nH]c2c1. The standard InChI is InChI=1S/C19H16ClN3O3/c1-12-2-7-15-16(8-12)22-18(24)9-17(15)26-11-19(25)23-21-10-13-3-5-14(20)6-4-13/h2-10H,11H2,1H3,(H,22,24)(H,23,25)/b21-10+. The van der Waals surface area contributed by atoms with Crippen LogP contribution in [0.15, 0.2) is 58.4 Å². The highest BCUT2D eigenvalue weighted by molar-refractivity contribution is 6.30. The van der Waals surface area contributed by atoms with Gasteiger partial charge < -0.3 is 9.72 Å². The molecular formula is C19H16ClN3O3. The minimum absolute atomic E-state index is 0.260. The maximum atomic E-state index is 11.9. The average molecular weight is 370 g/mol. The van der Waals surface area contributed by atoms with Crippen LogP contribution in [0.25, 0.3) is 10.9 Å². The Labute approximate surface area is 154 Å². The number of carbonyl (C=O) groups is 1. The van der Waals surface area contributed by atoms with Gasteiger partial charge in [0.1, 0.15) is 5.75 Å². The van der Waals surface area contributed by atoms with Crippen molar-refractivity contribution in [2.75, 3.05) is 6.61 Å². The van der Waals surface area contributed by atoms with Gasteiger partial charge in [0.15, 0.2) is 6.61 Å². The molecule has 132 valence electrons. The van der Waals surface area contributed by atoms with Gasteiger partial charge in [-0.3, -0.25) is 9.59 Å². The number of hydrazone groups is 1. The number of H-pyrrole nitrogens is 1. The molecule has 1 amide bonds. The van der Waals surface area contributed by atoms with Gasteiger partial charge >= 0.3 is 0 Å². The highest BCUT2D eigenvalue weighted by atomic mass is 35.5. The van der Waals surface area contributed by atoms with Crippen LogP contribution in [0, 0.1) is 6.92 Å². The molecule has 2 N–H and O–H groups in total. The van der Waals surface area contributed by atoms with Crippen molar-refractivity contribution in [1.29, 1.82) is 0 Å². The van der Waals surface area contributed by atoms with Crippen LogP contribution in [-0.4, -0.2) is 23.7 Å². The third-order valence-electron chi connectivity index (χ3n) is 3.59. The number of hydrogen-bond acceptors (Lipinski definition) is 4. The van der Waals surface area contributed by atoms with E-state index in [1.807, 2.05) is 25.1 Å². The number of pyridine rings is 1. The first kappa shape index (κ1) is 17.7. The van der Waals surface area contributed by atoms with Gasteiger partial charge in [-0.2, -0.15) is 5.10 Å². The Kier molecular flexibility index (Phi) is 5.34. The minimum atomic E-state index is -0.434. The third kappa shape index (κ3) is 4.49. The second-order valence-corrected chi connectivity index (χ2v) is 6.12. The van der Waals surface area contributed by atoms with Crippen molar-refractivity contribution in [2.45, 2.75) is 6.92 Å². The van der Waals surface area contributed by atoms with Crippen LogP contribution in [0.5, 0.6) is 5.75 Å². The number of amides is 1. The molecule has 0 aliphatic carbocycles. The summed E-state index contributed by atoms with van der Waals surface area (Å²) in [5.41, 5.74) is 4.55. The van der Waals surface area contributed by atoms with Crippen LogP contribution in [0.3, 0.4) is 0 Å². The summed E-state index contributed by atoms with van der Waals surface area (Å²) >= 11 is 5.80. The third-order valence-corrected chi connectivity index (χ3v) is 3.84. The van der Waals surface area contributed by atoms with E-state index in [0.717, 1.165) is 16.5 Å². The topological polar surface area (TPSA) is 83.5 Å². The fourth-order valence-electron chi connectivity index (χ4n) is 2.36. The summed E-state index contributed by atoms with van der Waals surface area (Å²) < 4.78 is 5.50. The van der Waals surface area contributed by atoms with Crippen molar-refractivity contribution in [3.8, 4) is 5.75 Å². The Morgan fingerprint density at radius 1 is 1.23 bits per heavy atom. The van der Waals surface area contributed by atoms with E-state index < -0.39 is 5.91 Å². The number of halogens is 1. The molecular weight excluding hydrogens is 354 g/mol. The minimum Gasteiger partial charge on any atom is -0.483 e. The lowest BCUT2D eigenvalue weighted by atomic mass is 10.1. The Morgan fingerprint density at radius 3 is 2.77 bits per heavy atom. The first-order valence-electron chi connectivity index (χ1n) is 7.85. The number of aromatic nitrogens is 1. The highest BCUT2D eigenvalue weighted by Crippen LogP contribution is 2.22. The van der Waals surface area contributed by atoms with Crippen LogP contribution < -0.4 is 15.7 Å². The number of hydrogen-bond donors (Lipinski definition) is 2. The lowest BCUT2D eigenvalue weighted by Gasteiger charge is -2.08. The summed E-state index contributed by atoms with van der Waals surface area (Å²) in [4.78, 5) is 26.4. The van der Waals surface area contributed by atoms with E-state index in [2.05, 4.69) is 15.5 Å². The number of rotatable bonds is 5. The number of benzene rings is 2. The monoisotopic (exact) mass is 369 g/mol. The molecule has 0 spiro atoms. The van der Waals surface area contributed by atoms with Gasteiger partial charge in [-0.1, -0.05) is 29.8 Å². The molecule has 0 aliphatic rings. The zero-order chi connectivity index (χ0) is 18.5. The molecule has 1 heterocycles. The predicted molar refractivity (Wildman–Crippen MR) is 102 cm³/mol. The normalized spacial score (nSPS) is 11.0. The molecule has 6 nitrogen and oxygen atoms in total. The van der Waals surface area contributed by atoms with Crippen LogP contribution in [0.1, 0.15) is 11.1 Å². The van der Waals surface area contributed by atoms with E-state index in [1.54, 1.807) is 24.3 Å². The number of aromatic amines is 1. The van der Waals surface area contributed by atoms with Crippen LogP contribution in [0.2, 0.25) is 5.02 Å². The largest absolute Gasteiger partial charge is 0.483 e. The van der Waals surface area contributed by atoms with Gasteiger partial charge in [0, 0.05) is 16.5 Å². The quantitative estimate of drug-likeness (QED) is 0.535. The number of aryl methyl sites for hydroxylation is 1. The van der Waals surface area contributed by atoms with Gasteiger partial charge in [0.25, 0.3) is 11.5 Å². The lowest BCUT2D eigenvalue weighted by molar-refractivity contribution is -0.123. The van der Waals surface area contributed by atoms with E-state index in [9.17, 15) is 9.59 Å². The van der Waals surface area contributed by atoms with Crippen molar-refractivity contribution in [1.82, 2.24) is 10.4 Å². The van der Waals surface area contributed by atoms with E-state index in [0.29, 0.717) is 16.3 Å². The zero-order valence-electron chi connectivity index (χ0n) is 14.0. The van der Waals surface area contributed by atoms with E-state index in [1.165, 1.54) is 12.3 Å². The van der Waals surface area contributed by atoms with Crippen molar-refractivity contribution in [2.24, 2.45) is 5.10 Å². The number of nitrogens with zero attached hydrogens (tertiary/aromatic N) is 1. The zero-order valence-corrected chi connectivity index (χ0v) is 14.7. The molecule has 0 atom stereocenters. The van der Waals surface area contributed by atoms with Crippen LogP contribution in [0.4, 0.5) is 0 Å². The fourth-order valence-corrected chi connectivity index (χ4v) is 2.49. The first-order valence-corrected chi connectivity index (χ1v) is 8.23. The van der Waals surface area contributed by atoms with Gasteiger partial charge in [-0.15, -0.1) is 0 Å². The highest BCUT2D eigenvalue weighted by Gasteiger charge is 2.07. The molecule has 2 aromatic carbocycles. The summed E-state index contributed by atoms with van der Waals surface area (Å²) in [5.74, 6) is -0.0867. The number of nitrogens with one attached hydrogen (secondary N) is 2. The lowest BCUT2D eigenvalue weighted by Crippen LogP contribution is -2.25. The van der Waals surface area contributed by atoms with Gasteiger partial charge in [-0.05, 0) is 42.3 Å². The number of ether oxygens (including phenoxy) is 1. The molecule has 3 aromatic rings. The van der Waals surface area contributed by atoms with Crippen molar-refractivity contribution in [3.63, 3.8) is 0 Å². The Morgan fingerprint density at radius 2 is 2.00 bits per heavy atom. The molecule has 0 bridgehead atoms. The number of fused-ring (bicyclic) bond motifs is 1. The summed E-state index contributed by atoms with van der Waals surface area (Å²) in [6, 6.07) is 13.9. The van der Waals surface area contributed by atoms with Gasteiger partial charge in [0.05, 0.1) is 11.7 Å². The van der Waals surface area contributed by atoms with Crippen molar-refractivity contribution < 1.29 is 9.53 Å². The van der Waals surface area contributed by atoms with E-state index in [4.69, 9.17) is 16.3 Å². The maximum absolute atomic E-state index is 11.9. The molecule has 0 aliphatic heterocycles. The van der Waals surface area contributed by atoms with E-state index >= 15 is 0 Å². The summed E-state index contributed by atoms with van der Waals surface area (Å²) in [6.45, 7) is 1.67. The molecule has 0 radical (unpaired) electrons.